The first-order valence-electron chi connectivity index (χ1n) is 6.52. The summed E-state index contributed by atoms with van der Waals surface area (Å²) in [6.45, 7) is 0.963. The van der Waals surface area contributed by atoms with E-state index < -0.39 is 11.6 Å². The summed E-state index contributed by atoms with van der Waals surface area (Å²) < 4.78 is 27.2. The van der Waals surface area contributed by atoms with Crippen molar-refractivity contribution >= 4 is 5.69 Å². The largest absolute Gasteiger partial charge is 0.385 e. The Morgan fingerprint density at radius 3 is 2.63 bits per heavy atom. The van der Waals surface area contributed by atoms with E-state index >= 15 is 0 Å². The number of hydrogen-bond acceptors (Lipinski definition) is 1. The minimum Gasteiger partial charge on any atom is -0.385 e. The Labute approximate surface area is 111 Å². The summed E-state index contributed by atoms with van der Waals surface area (Å²) in [5.74, 6) is -0.962. The molecular formula is C16H15F2N. The molecule has 1 aliphatic heterocycles. The number of aryl methyl sites for hydroxylation is 1. The number of anilines is 1. The fourth-order valence-electron chi connectivity index (χ4n) is 2.52. The molecule has 1 heterocycles. The number of hydrogen-bond donors (Lipinski definition) is 1. The highest BCUT2D eigenvalue weighted by molar-refractivity contribution is 5.55. The monoisotopic (exact) mass is 259 g/mol. The lowest BCUT2D eigenvalue weighted by atomic mass is 9.97. The van der Waals surface area contributed by atoms with E-state index in [1.807, 2.05) is 12.1 Å². The van der Waals surface area contributed by atoms with Crippen LogP contribution in [0.3, 0.4) is 0 Å². The molecule has 0 bridgehead atoms. The van der Waals surface area contributed by atoms with Crippen molar-refractivity contribution in [3.05, 3.63) is 64.7 Å². The van der Waals surface area contributed by atoms with Gasteiger partial charge >= 0.3 is 0 Å². The minimum atomic E-state index is -0.481. The second kappa shape index (κ2) is 5.00. The summed E-state index contributed by atoms with van der Waals surface area (Å²) in [4.78, 5) is 0. The summed E-state index contributed by atoms with van der Waals surface area (Å²) in [5, 5.41) is 3.33. The molecule has 0 amide bonds. The molecule has 3 heteroatoms. The van der Waals surface area contributed by atoms with Gasteiger partial charge in [0.15, 0.2) is 0 Å². The predicted molar refractivity (Wildman–Crippen MR) is 72.4 cm³/mol. The van der Waals surface area contributed by atoms with E-state index in [9.17, 15) is 8.78 Å². The maximum absolute atomic E-state index is 13.6. The molecule has 0 fully saturated rings. The Hall–Kier alpha value is -1.90. The lowest BCUT2D eigenvalue weighted by Crippen LogP contribution is -2.12. The Morgan fingerprint density at radius 2 is 1.84 bits per heavy atom. The zero-order chi connectivity index (χ0) is 13.2. The molecule has 0 aliphatic carbocycles. The Balaban J connectivity index is 1.91. The van der Waals surface area contributed by atoms with Gasteiger partial charge < -0.3 is 5.32 Å². The molecule has 0 spiro atoms. The van der Waals surface area contributed by atoms with Crippen molar-refractivity contribution in [2.75, 3.05) is 11.9 Å². The van der Waals surface area contributed by atoms with Crippen molar-refractivity contribution in [1.82, 2.24) is 0 Å². The molecule has 1 aliphatic rings. The molecule has 19 heavy (non-hydrogen) atoms. The van der Waals surface area contributed by atoms with Crippen LogP contribution in [0.2, 0.25) is 0 Å². The van der Waals surface area contributed by atoms with Gasteiger partial charge in [-0.05, 0) is 42.2 Å². The van der Waals surface area contributed by atoms with Crippen LogP contribution in [0, 0.1) is 11.6 Å². The van der Waals surface area contributed by atoms with Crippen molar-refractivity contribution < 1.29 is 8.78 Å². The van der Waals surface area contributed by atoms with Gasteiger partial charge in [0.05, 0.1) is 0 Å². The fraction of sp³-hybridized carbons (Fsp3) is 0.250. The van der Waals surface area contributed by atoms with Gasteiger partial charge in [-0.1, -0.05) is 18.2 Å². The molecule has 1 nitrogen and oxygen atoms in total. The van der Waals surface area contributed by atoms with Gasteiger partial charge in [0, 0.05) is 24.2 Å². The highest BCUT2D eigenvalue weighted by Gasteiger charge is 2.12. The average Bonchev–Trinajstić information content (AvgIpc) is 2.43. The zero-order valence-corrected chi connectivity index (χ0v) is 10.5. The quantitative estimate of drug-likeness (QED) is 0.862. The zero-order valence-electron chi connectivity index (χ0n) is 10.5. The second-order valence-electron chi connectivity index (χ2n) is 4.90. The normalized spacial score (nSPS) is 13.8. The van der Waals surface area contributed by atoms with E-state index in [2.05, 4.69) is 11.4 Å². The Kier molecular flexibility index (Phi) is 3.20. The number of fused-ring (bicyclic) bond motifs is 1. The molecule has 2 aromatic rings. The van der Waals surface area contributed by atoms with Crippen LogP contribution in [0.4, 0.5) is 14.5 Å². The van der Waals surface area contributed by atoms with E-state index in [-0.39, 0.29) is 12.0 Å². The van der Waals surface area contributed by atoms with Crippen LogP contribution in [-0.4, -0.2) is 6.54 Å². The summed E-state index contributed by atoms with van der Waals surface area (Å²) >= 11 is 0. The summed E-state index contributed by atoms with van der Waals surface area (Å²) in [6, 6.07) is 10.0. The van der Waals surface area contributed by atoms with Crippen LogP contribution in [0.1, 0.15) is 23.1 Å². The first-order valence-corrected chi connectivity index (χ1v) is 6.52. The number of rotatable bonds is 2. The van der Waals surface area contributed by atoms with E-state index in [0.29, 0.717) is 0 Å². The van der Waals surface area contributed by atoms with Crippen LogP contribution >= 0.6 is 0 Å². The predicted octanol–water partition coefficient (Wildman–Crippen LogP) is 3.91. The van der Waals surface area contributed by atoms with Gasteiger partial charge in [0.1, 0.15) is 11.6 Å². The van der Waals surface area contributed by atoms with Gasteiger partial charge in [-0.3, -0.25) is 0 Å². The van der Waals surface area contributed by atoms with Crippen molar-refractivity contribution in [1.29, 1.82) is 0 Å². The van der Waals surface area contributed by atoms with Gasteiger partial charge in [-0.2, -0.15) is 0 Å². The minimum absolute atomic E-state index is 0.137. The van der Waals surface area contributed by atoms with Crippen molar-refractivity contribution in [2.45, 2.75) is 19.3 Å². The summed E-state index contributed by atoms with van der Waals surface area (Å²) in [5.41, 5.74) is 3.44. The fourth-order valence-corrected chi connectivity index (χ4v) is 2.52. The van der Waals surface area contributed by atoms with Gasteiger partial charge in [0.2, 0.25) is 0 Å². The van der Waals surface area contributed by atoms with E-state index in [1.54, 1.807) is 0 Å². The van der Waals surface area contributed by atoms with Crippen LogP contribution < -0.4 is 5.32 Å². The second-order valence-corrected chi connectivity index (χ2v) is 4.90. The topological polar surface area (TPSA) is 12.0 Å². The molecule has 98 valence electrons. The van der Waals surface area contributed by atoms with Crippen LogP contribution in [0.15, 0.2) is 36.4 Å². The maximum atomic E-state index is 13.6. The molecule has 1 N–H and O–H groups in total. The Bertz CT molecular complexity index is 587. The smallest absolute Gasteiger partial charge is 0.129 e. The van der Waals surface area contributed by atoms with E-state index in [4.69, 9.17) is 0 Å². The van der Waals surface area contributed by atoms with Crippen LogP contribution in [0.25, 0.3) is 0 Å². The number of nitrogens with one attached hydrogen (secondary N) is 1. The standard InChI is InChI=1S/C16H15F2N/c17-14-4-1-5-15(18)13(14)9-11-6-7-12-3-2-8-19-16(12)10-11/h1,4-7,10,19H,2-3,8-9H2. The van der Waals surface area contributed by atoms with Crippen molar-refractivity contribution in [2.24, 2.45) is 0 Å². The highest BCUT2D eigenvalue weighted by atomic mass is 19.1. The maximum Gasteiger partial charge on any atom is 0.129 e. The van der Waals surface area contributed by atoms with E-state index in [0.717, 1.165) is 30.6 Å². The lowest BCUT2D eigenvalue weighted by molar-refractivity contribution is 0.561. The molecule has 0 aromatic heterocycles. The average molecular weight is 259 g/mol. The molecule has 0 radical (unpaired) electrons. The van der Waals surface area contributed by atoms with Gasteiger partial charge in [-0.15, -0.1) is 0 Å². The summed E-state index contributed by atoms with van der Waals surface area (Å²) in [6.07, 6.45) is 2.48. The third-order valence-corrected chi connectivity index (χ3v) is 3.56. The molecule has 0 unspecified atom stereocenters. The first-order chi connectivity index (χ1) is 9.24. The van der Waals surface area contributed by atoms with Gasteiger partial charge in [0.25, 0.3) is 0 Å². The molecule has 0 atom stereocenters. The Morgan fingerprint density at radius 1 is 1.05 bits per heavy atom. The van der Waals surface area contributed by atoms with Crippen molar-refractivity contribution in [3.8, 4) is 0 Å². The van der Waals surface area contributed by atoms with E-state index in [1.165, 1.54) is 23.8 Å². The molecule has 0 saturated carbocycles. The van der Waals surface area contributed by atoms with Crippen molar-refractivity contribution in [3.63, 3.8) is 0 Å². The summed E-state index contributed by atoms with van der Waals surface area (Å²) in [7, 11) is 0. The number of halogens is 2. The molecule has 2 aromatic carbocycles. The third kappa shape index (κ3) is 2.46. The van der Waals surface area contributed by atoms with Crippen LogP contribution in [-0.2, 0) is 12.8 Å². The van der Waals surface area contributed by atoms with Gasteiger partial charge in [-0.25, -0.2) is 8.78 Å². The lowest BCUT2D eigenvalue weighted by Gasteiger charge is -2.18. The SMILES string of the molecule is Fc1cccc(F)c1Cc1ccc2c(c1)NCCC2. The van der Waals surface area contributed by atoms with Crippen LogP contribution in [0.5, 0.6) is 0 Å². The molecule has 0 saturated heterocycles. The third-order valence-electron chi connectivity index (χ3n) is 3.56. The number of benzene rings is 2. The highest BCUT2D eigenvalue weighted by Crippen LogP contribution is 2.25. The molecule has 3 rings (SSSR count). The first kappa shape index (κ1) is 12.2. The molecular weight excluding hydrogens is 244 g/mol.